The lowest BCUT2D eigenvalue weighted by molar-refractivity contribution is 0.159. The molecule has 0 spiro atoms. The van der Waals surface area contributed by atoms with Gasteiger partial charge in [-0.25, -0.2) is 0 Å². The Labute approximate surface area is 113 Å². The van der Waals surface area contributed by atoms with E-state index >= 15 is 0 Å². The van der Waals surface area contributed by atoms with E-state index in [4.69, 9.17) is 5.11 Å². The Bertz CT molecular complexity index is 522. The van der Waals surface area contributed by atoms with Crippen LogP contribution in [-0.2, 0) is 6.42 Å². The standard InChI is InChI=1S/C16H21NO2/c1-12(11-18)17-10-15(19)9-14-7-4-6-13-5-2-3-8-16(13)14/h2-8,12,15,17-19H,9-11H2,1H3. The van der Waals surface area contributed by atoms with Gasteiger partial charge in [-0.05, 0) is 23.3 Å². The molecule has 2 unspecified atom stereocenters. The van der Waals surface area contributed by atoms with Gasteiger partial charge in [-0.15, -0.1) is 0 Å². The van der Waals surface area contributed by atoms with Crippen molar-refractivity contribution >= 4 is 10.8 Å². The topological polar surface area (TPSA) is 52.5 Å². The predicted molar refractivity (Wildman–Crippen MR) is 78.2 cm³/mol. The molecule has 102 valence electrons. The molecule has 3 nitrogen and oxygen atoms in total. The molecule has 0 aliphatic rings. The number of nitrogens with one attached hydrogen (secondary N) is 1. The van der Waals surface area contributed by atoms with Gasteiger partial charge in [0.2, 0.25) is 0 Å². The molecule has 0 radical (unpaired) electrons. The van der Waals surface area contributed by atoms with Crippen LogP contribution in [0.15, 0.2) is 42.5 Å². The quantitative estimate of drug-likeness (QED) is 0.740. The molecule has 3 N–H and O–H groups in total. The summed E-state index contributed by atoms with van der Waals surface area (Å²) in [4.78, 5) is 0. The summed E-state index contributed by atoms with van der Waals surface area (Å²) < 4.78 is 0. The maximum absolute atomic E-state index is 10.1. The van der Waals surface area contributed by atoms with Crippen molar-refractivity contribution in [2.75, 3.05) is 13.2 Å². The normalized spacial score (nSPS) is 14.5. The smallest absolute Gasteiger partial charge is 0.0705 e. The third-order valence-electron chi connectivity index (χ3n) is 3.31. The first-order valence-electron chi connectivity index (χ1n) is 6.69. The Morgan fingerprint density at radius 2 is 1.84 bits per heavy atom. The number of hydrogen-bond acceptors (Lipinski definition) is 3. The van der Waals surface area contributed by atoms with Crippen LogP contribution in [0.2, 0.25) is 0 Å². The maximum Gasteiger partial charge on any atom is 0.0705 e. The fourth-order valence-electron chi connectivity index (χ4n) is 2.20. The molecule has 0 fully saturated rings. The molecule has 19 heavy (non-hydrogen) atoms. The summed E-state index contributed by atoms with van der Waals surface area (Å²) in [5.41, 5.74) is 1.16. The first kappa shape index (κ1) is 14.0. The molecule has 2 rings (SSSR count). The van der Waals surface area contributed by atoms with Gasteiger partial charge in [0.05, 0.1) is 12.7 Å². The van der Waals surface area contributed by atoms with Gasteiger partial charge in [0, 0.05) is 19.0 Å². The van der Waals surface area contributed by atoms with E-state index in [1.807, 2.05) is 25.1 Å². The van der Waals surface area contributed by atoms with Gasteiger partial charge in [-0.3, -0.25) is 0 Å². The highest BCUT2D eigenvalue weighted by Gasteiger charge is 2.09. The molecule has 0 saturated carbocycles. The summed E-state index contributed by atoms with van der Waals surface area (Å²) in [5.74, 6) is 0. The number of benzene rings is 2. The van der Waals surface area contributed by atoms with Crippen molar-refractivity contribution in [3.63, 3.8) is 0 Å². The Morgan fingerprint density at radius 3 is 2.63 bits per heavy atom. The van der Waals surface area contributed by atoms with Crippen molar-refractivity contribution in [1.29, 1.82) is 0 Å². The van der Waals surface area contributed by atoms with Crippen LogP contribution in [0.4, 0.5) is 0 Å². The molecule has 0 heterocycles. The third-order valence-corrected chi connectivity index (χ3v) is 3.31. The highest BCUT2D eigenvalue weighted by molar-refractivity contribution is 5.85. The lowest BCUT2D eigenvalue weighted by Gasteiger charge is -2.16. The van der Waals surface area contributed by atoms with Crippen molar-refractivity contribution in [1.82, 2.24) is 5.32 Å². The Morgan fingerprint density at radius 1 is 1.11 bits per heavy atom. The highest BCUT2D eigenvalue weighted by atomic mass is 16.3. The zero-order valence-corrected chi connectivity index (χ0v) is 11.2. The van der Waals surface area contributed by atoms with Crippen LogP contribution in [0.3, 0.4) is 0 Å². The molecule has 0 amide bonds. The Hall–Kier alpha value is -1.42. The first-order chi connectivity index (χ1) is 9.20. The van der Waals surface area contributed by atoms with Gasteiger partial charge in [-0.1, -0.05) is 42.5 Å². The van der Waals surface area contributed by atoms with Gasteiger partial charge in [0.25, 0.3) is 0 Å². The number of fused-ring (bicyclic) bond motifs is 1. The minimum atomic E-state index is -0.445. The van der Waals surface area contributed by atoms with Crippen molar-refractivity contribution < 1.29 is 10.2 Å². The zero-order valence-electron chi connectivity index (χ0n) is 11.2. The largest absolute Gasteiger partial charge is 0.395 e. The molecule has 3 heteroatoms. The second-order valence-corrected chi connectivity index (χ2v) is 4.99. The molecule has 0 saturated heterocycles. The monoisotopic (exact) mass is 259 g/mol. The first-order valence-corrected chi connectivity index (χ1v) is 6.69. The molecular weight excluding hydrogens is 238 g/mol. The summed E-state index contributed by atoms with van der Waals surface area (Å²) in [6, 6.07) is 14.4. The SMILES string of the molecule is CC(CO)NCC(O)Cc1cccc2ccccc12. The fraction of sp³-hybridized carbons (Fsp3) is 0.375. The molecule has 0 aliphatic carbocycles. The summed E-state index contributed by atoms with van der Waals surface area (Å²) >= 11 is 0. The number of hydrogen-bond donors (Lipinski definition) is 3. The lowest BCUT2D eigenvalue weighted by Crippen LogP contribution is -2.36. The van der Waals surface area contributed by atoms with Gasteiger partial charge >= 0.3 is 0 Å². The van der Waals surface area contributed by atoms with Gasteiger partial charge in [0.15, 0.2) is 0 Å². The van der Waals surface area contributed by atoms with Gasteiger partial charge in [-0.2, -0.15) is 0 Å². The van der Waals surface area contributed by atoms with Crippen LogP contribution in [0.25, 0.3) is 10.8 Å². The average molecular weight is 259 g/mol. The highest BCUT2D eigenvalue weighted by Crippen LogP contribution is 2.19. The van der Waals surface area contributed by atoms with Crippen LogP contribution in [-0.4, -0.2) is 35.5 Å². The van der Waals surface area contributed by atoms with E-state index in [0.717, 1.165) is 5.56 Å². The van der Waals surface area contributed by atoms with Crippen LogP contribution in [0, 0.1) is 0 Å². The van der Waals surface area contributed by atoms with Crippen LogP contribution >= 0.6 is 0 Å². The molecular formula is C16H21NO2. The van der Waals surface area contributed by atoms with Crippen LogP contribution in [0.5, 0.6) is 0 Å². The second-order valence-electron chi connectivity index (χ2n) is 4.99. The Kier molecular flexibility index (Phi) is 4.91. The summed E-state index contributed by atoms with van der Waals surface area (Å²) in [6.07, 6.45) is 0.173. The van der Waals surface area contributed by atoms with Gasteiger partial charge < -0.3 is 15.5 Å². The van der Waals surface area contributed by atoms with Crippen molar-refractivity contribution in [2.24, 2.45) is 0 Å². The molecule has 0 aliphatic heterocycles. The van der Waals surface area contributed by atoms with Crippen molar-refractivity contribution in [3.8, 4) is 0 Å². The van der Waals surface area contributed by atoms with Crippen molar-refractivity contribution in [3.05, 3.63) is 48.0 Å². The van der Waals surface area contributed by atoms with Gasteiger partial charge in [0.1, 0.15) is 0 Å². The lowest BCUT2D eigenvalue weighted by atomic mass is 10.00. The van der Waals surface area contributed by atoms with Crippen LogP contribution < -0.4 is 5.32 Å². The van der Waals surface area contributed by atoms with E-state index in [1.165, 1.54) is 10.8 Å². The molecule has 2 aromatic carbocycles. The fourth-order valence-corrected chi connectivity index (χ4v) is 2.20. The van der Waals surface area contributed by atoms with Crippen LogP contribution in [0.1, 0.15) is 12.5 Å². The summed E-state index contributed by atoms with van der Waals surface area (Å²) in [7, 11) is 0. The minimum absolute atomic E-state index is 0.0159. The third kappa shape index (κ3) is 3.77. The summed E-state index contributed by atoms with van der Waals surface area (Å²) in [6.45, 7) is 2.47. The molecule has 0 bridgehead atoms. The zero-order chi connectivity index (χ0) is 13.7. The van der Waals surface area contributed by atoms with E-state index in [1.54, 1.807) is 0 Å². The summed E-state index contributed by atoms with van der Waals surface area (Å²) in [5, 5.41) is 24.5. The van der Waals surface area contributed by atoms with E-state index in [2.05, 4.69) is 29.6 Å². The predicted octanol–water partition coefficient (Wildman–Crippen LogP) is 1.71. The van der Waals surface area contributed by atoms with E-state index < -0.39 is 6.10 Å². The molecule has 0 aromatic heterocycles. The van der Waals surface area contributed by atoms with E-state index in [0.29, 0.717) is 13.0 Å². The minimum Gasteiger partial charge on any atom is -0.395 e. The molecule has 2 atom stereocenters. The second kappa shape index (κ2) is 6.66. The maximum atomic E-state index is 10.1. The van der Waals surface area contributed by atoms with E-state index in [-0.39, 0.29) is 12.6 Å². The Balaban J connectivity index is 2.04. The number of aliphatic hydroxyl groups excluding tert-OH is 2. The van der Waals surface area contributed by atoms with Crippen molar-refractivity contribution in [2.45, 2.75) is 25.5 Å². The van der Waals surface area contributed by atoms with E-state index in [9.17, 15) is 5.11 Å². The average Bonchev–Trinajstić information content (AvgIpc) is 2.45. The number of rotatable bonds is 6. The molecule has 2 aromatic rings. The number of aliphatic hydroxyl groups is 2.